The number of amides is 1. The molecule has 122 valence electrons. The molecule has 1 aromatic heterocycles. The van der Waals surface area contributed by atoms with Gasteiger partial charge in [-0.3, -0.25) is 9.48 Å². The molecule has 1 amide bonds. The summed E-state index contributed by atoms with van der Waals surface area (Å²) in [5.41, 5.74) is 3.05. The fraction of sp³-hybridized carbons (Fsp3) is 0.111. The summed E-state index contributed by atoms with van der Waals surface area (Å²) in [5, 5.41) is 8.33. The smallest absolute Gasteiger partial charge is 0.258 e. The predicted octanol–water partition coefficient (Wildman–Crippen LogP) is 4.80. The summed E-state index contributed by atoms with van der Waals surface area (Å²) in [5.74, 6) is -0.231. The molecule has 2 aromatic carbocycles. The third-order valence-corrected chi connectivity index (χ3v) is 4.24. The molecule has 6 heteroatoms. The van der Waals surface area contributed by atoms with E-state index in [0.717, 1.165) is 11.1 Å². The molecular weight excluding hydrogens is 345 g/mol. The molecule has 4 nitrogen and oxygen atoms in total. The maximum atomic E-state index is 12.4. The second kappa shape index (κ2) is 7.07. The van der Waals surface area contributed by atoms with E-state index in [4.69, 9.17) is 23.2 Å². The number of rotatable bonds is 4. The van der Waals surface area contributed by atoms with Crippen LogP contribution in [0.1, 0.15) is 21.5 Å². The molecular formula is C18H15Cl2N3O. The summed E-state index contributed by atoms with van der Waals surface area (Å²) >= 11 is 12.1. The summed E-state index contributed by atoms with van der Waals surface area (Å²) in [6, 6.07) is 12.9. The van der Waals surface area contributed by atoms with Crippen molar-refractivity contribution in [2.24, 2.45) is 0 Å². The van der Waals surface area contributed by atoms with Crippen molar-refractivity contribution in [1.82, 2.24) is 9.78 Å². The Morgan fingerprint density at radius 3 is 2.79 bits per heavy atom. The van der Waals surface area contributed by atoms with E-state index in [1.807, 2.05) is 37.3 Å². The molecule has 0 aliphatic heterocycles. The number of hydrogen-bond acceptors (Lipinski definition) is 2. The van der Waals surface area contributed by atoms with Crippen molar-refractivity contribution in [2.75, 3.05) is 5.32 Å². The Labute approximate surface area is 150 Å². The van der Waals surface area contributed by atoms with Crippen LogP contribution in [0.4, 0.5) is 5.69 Å². The van der Waals surface area contributed by atoms with Crippen molar-refractivity contribution in [2.45, 2.75) is 13.5 Å². The number of anilines is 1. The van der Waals surface area contributed by atoms with Crippen molar-refractivity contribution in [3.05, 3.63) is 81.6 Å². The number of aromatic nitrogens is 2. The molecule has 3 rings (SSSR count). The van der Waals surface area contributed by atoms with Crippen molar-refractivity contribution in [3.63, 3.8) is 0 Å². The van der Waals surface area contributed by atoms with Crippen LogP contribution in [0.2, 0.25) is 10.0 Å². The lowest BCUT2D eigenvalue weighted by Gasteiger charge is -2.07. The molecule has 0 saturated heterocycles. The van der Waals surface area contributed by atoms with E-state index in [1.54, 1.807) is 23.0 Å². The van der Waals surface area contributed by atoms with Crippen LogP contribution in [-0.2, 0) is 6.54 Å². The molecule has 0 fully saturated rings. The van der Waals surface area contributed by atoms with Crippen molar-refractivity contribution < 1.29 is 4.79 Å². The minimum atomic E-state index is -0.231. The molecule has 0 unspecified atom stereocenters. The summed E-state index contributed by atoms with van der Waals surface area (Å²) in [4.78, 5) is 12.4. The minimum absolute atomic E-state index is 0.231. The first-order valence-corrected chi connectivity index (χ1v) is 8.12. The highest BCUT2D eigenvalue weighted by molar-refractivity contribution is 6.31. The van der Waals surface area contributed by atoms with Crippen LogP contribution in [0.3, 0.4) is 0 Å². The minimum Gasteiger partial charge on any atom is -0.322 e. The standard InChI is InChI=1S/C18H15Cl2N3O/c1-12-6-7-15(19)8-17(12)22-18(24)14-9-21-23(11-14)10-13-4-2-3-5-16(13)20/h2-9,11H,10H2,1H3,(H,22,24). The number of hydrogen-bond donors (Lipinski definition) is 1. The molecule has 0 aliphatic carbocycles. The fourth-order valence-electron chi connectivity index (χ4n) is 2.29. The quantitative estimate of drug-likeness (QED) is 0.727. The lowest BCUT2D eigenvalue weighted by Crippen LogP contribution is -2.12. The third kappa shape index (κ3) is 3.78. The Bertz CT molecular complexity index is 889. The molecule has 0 radical (unpaired) electrons. The van der Waals surface area contributed by atoms with E-state index in [0.29, 0.717) is 27.8 Å². The highest BCUT2D eigenvalue weighted by atomic mass is 35.5. The van der Waals surface area contributed by atoms with Crippen LogP contribution in [-0.4, -0.2) is 15.7 Å². The lowest BCUT2D eigenvalue weighted by molar-refractivity contribution is 0.102. The van der Waals surface area contributed by atoms with Gasteiger partial charge >= 0.3 is 0 Å². The average molecular weight is 360 g/mol. The lowest BCUT2D eigenvalue weighted by atomic mass is 10.2. The van der Waals surface area contributed by atoms with Crippen molar-refractivity contribution >= 4 is 34.8 Å². The largest absolute Gasteiger partial charge is 0.322 e. The summed E-state index contributed by atoms with van der Waals surface area (Å²) in [6.45, 7) is 2.41. The van der Waals surface area contributed by atoms with Gasteiger partial charge in [-0.15, -0.1) is 0 Å². The van der Waals surface area contributed by atoms with E-state index in [2.05, 4.69) is 10.4 Å². The average Bonchev–Trinajstić information content (AvgIpc) is 3.02. The summed E-state index contributed by atoms with van der Waals surface area (Å²) in [6.07, 6.45) is 3.23. The number of nitrogens with zero attached hydrogens (tertiary/aromatic N) is 2. The SMILES string of the molecule is Cc1ccc(Cl)cc1NC(=O)c1cnn(Cc2ccccc2Cl)c1. The molecule has 3 aromatic rings. The molecule has 24 heavy (non-hydrogen) atoms. The first-order chi connectivity index (χ1) is 11.5. The van der Waals surface area contributed by atoms with E-state index < -0.39 is 0 Å². The van der Waals surface area contributed by atoms with Crippen LogP contribution in [0, 0.1) is 6.92 Å². The van der Waals surface area contributed by atoms with Crippen LogP contribution in [0.15, 0.2) is 54.9 Å². The van der Waals surface area contributed by atoms with Gasteiger partial charge in [0.1, 0.15) is 0 Å². The topological polar surface area (TPSA) is 46.9 Å². The van der Waals surface area contributed by atoms with Gasteiger partial charge in [0, 0.05) is 21.9 Å². The molecule has 0 saturated carbocycles. The summed E-state index contributed by atoms with van der Waals surface area (Å²) < 4.78 is 1.68. The van der Waals surface area contributed by atoms with Gasteiger partial charge < -0.3 is 5.32 Å². The number of benzene rings is 2. The van der Waals surface area contributed by atoms with Crippen LogP contribution < -0.4 is 5.32 Å². The van der Waals surface area contributed by atoms with E-state index in [-0.39, 0.29) is 5.91 Å². The fourth-order valence-corrected chi connectivity index (χ4v) is 2.66. The van der Waals surface area contributed by atoms with Crippen LogP contribution >= 0.6 is 23.2 Å². The van der Waals surface area contributed by atoms with Gasteiger partial charge in [0.2, 0.25) is 0 Å². The third-order valence-electron chi connectivity index (χ3n) is 3.63. The zero-order valence-corrected chi connectivity index (χ0v) is 14.5. The maximum absolute atomic E-state index is 12.4. The molecule has 0 aliphatic rings. The molecule has 0 atom stereocenters. The Morgan fingerprint density at radius 1 is 1.21 bits per heavy atom. The zero-order valence-electron chi connectivity index (χ0n) is 13.0. The number of carbonyl (C=O) groups is 1. The molecule has 1 heterocycles. The number of nitrogens with one attached hydrogen (secondary N) is 1. The Kier molecular flexibility index (Phi) is 4.88. The molecule has 0 bridgehead atoms. The maximum Gasteiger partial charge on any atom is 0.258 e. The van der Waals surface area contributed by atoms with Gasteiger partial charge in [-0.25, -0.2) is 0 Å². The summed E-state index contributed by atoms with van der Waals surface area (Å²) in [7, 11) is 0. The van der Waals surface area contributed by atoms with Gasteiger partial charge in [-0.05, 0) is 36.2 Å². The van der Waals surface area contributed by atoms with Gasteiger partial charge in [0.15, 0.2) is 0 Å². The van der Waals surface area contributed by atoms with Crippen LogP contribution in [0.5, 0.6) is 0 Å². The normalized spacial score (nSPS) is 10.6. The van der Waals surface area contributed by atoms with Gasteiger partial charge in [0.25, 0.3) is 5.91 Å². The van der Waals surface area contributed by atoms with Gasteiger partial charge in [0.05, 0.1) is 18.3 Å². The number of halogens is 2. The van der Waals surface area contributed by atoms with E-state index in [1.165, 1.54) is 6.20 Å². The predicted molar refractivity (Wildman–Crippen MR) is 96.9 cm³/mol. The van der Waals surface area contributed by atoms with Crippen LogP contribution in [0.25, 0.3) is 0 Å². The molecule has 1 N–H and O–H groups in total. The van der Waals surface area contributed by atoms with E-state index >= 15 is 0 Å². The van der Waals surface area contributed by atoms with Crippen molar-refractivity contribution in [3.8, 4) is 0 Å². The van der Waals surface area contributed by atoms with E-state index in [9.17, 15) is 4.79 Å². The van der Waals surface area contributed by atoms with Gasteiger partial charge in [-0.1, -0.05) is 47.5 Å². The van der Waals surface area contributed by atoms with Crippen molar-refractivity contribution in [1.29, 1.82) is 0 Å². The molecule has 0 spiro atoms. The Balaban J connectivity index is 1.74. The number of aryl methyl sites for hydroxylation is 1. The Hall–Kier alpha value is -2.30. The second-order valence-electron chi connectivity index (χ2n) is 5.43. The monoisotopic (exact) mass is 359 g/mol. The first kappa shape index (κ1) is 16.6. The Morgan fingerprint density at radius 2 is 2.00 bits per heavy atom. The second-order valence-corrected chi connectivity index (χ2v) is 6.28. The highest BCUT2D eigenvalue weighted by Gasteiger charge is 2.11. The first-order valence-electron chi connectivity index (χ1n) is 7.36. The number of carbonyl (C=O) groups excluding carboxylic acids is 1. The highest BCUT2D eigenvalue weighted by Crippen LogP contribution is 2.21. The van der Waals surface area contributed by atoms with Gasteiger partial charge in [-0.2, -0.15) is 5.10 Å². The zero-order chi connectivity index (χ0) is 17.1.